The second-order valence-electron chi connectivity index (χ2n) is 3.87. The maximum atomic E-state index is 11.8. The molecule has 0 saturated heterocycles. The number of hydrogen-bond acceptors (Lipinski definition) is 3. The minimum absolute atomic E-state index is 0.118. The molecule has 1 rings (SSSR count). The van der Waals surface area contributed by atoms with Crippen LogP contribution in [-0.2, 0) is 9.59 Å². The Kier molecular flexibility index (Phi) is 4.77. The maximum Gasteiger partial charge on any atom is 0.312 e. The summed E-state index contributed by atoms with van der Waals surface area (Å²) in [4.78, 5) is 24.8. The fourth-order valence-electron chi connectivity index (χ4n) is 2.11. The van der Waals surface area contributed by atoms with Gasteiger partial charge < -0.3 is 10.2 Å². The molecule has 5 heteroatoms. The van der Waals surface area contributed by atoms with Gasteiger partial charge in [-0.25, -0.2) is 0 Å². The molecule has 1 aliphatic rings. The van der Waals surface area contributed by atoms with Crippen LogP contribution in [0.5, 0.6) is 0 Å². The standard InChI is InChI=1S/C11H17N3O2/c1-2-14(9-5-3-4-6-9)11(16)10(15)13-8-7-12/h9H,2-6,8H2,1H3,(H,13,15). The molecule has 2 amide bonds. The van der Waals surface area contributed by atoms with Crippen LogP contribution < -0.4 is 5.32 Å². The lowest BCUT2D eigenvalue weighted by atomic mass is 10.2. The lowest BCUT2D eigenvalue weighted by Gasteiger charge is -2.26. The number of nitrogens with one attached hydrogen (secondary N) is 1. The van der Waals surface area contributed by atoms with E-state index in [2.05, 4.69) is 5.32 Å². The Morgan fingerprint density at radius 2 is 2.06 bits per heavy atom. The summed E-state index contributed by atoms with van der Waals surface area (Å²) in [5.74, 6) is -1.18. The monoisotopic (exact) mass is 223 g/mol. The molecule has 1 saturated carbocycles. The Morgan fingerprint density at radius 1 is 1.44 bits per heavy atom. The number of amides is 2. The number of nitriles is 1. The Labute approximate surface area is 95.4 Å². The van der Waals surface area contributed by atoms with E-state index in [-0.39, 0.29) is 12.6 Å². The van der Waals surface area contributed by atoms with E-state index in [1.165, 1.54) is 0 Å². The first-order chi connectivity index (χ1) is 7.70. The van der Waals surface area contributed by atoms with Gasteiger partial charge in [-0.1, -0.05) is 12.8 Å². The number of likely N-dealkylation sites (N-methyl/N-ethyl adjacent to an activating group) is 1. The molecule has 0 unspecified atom stereocenters. The van der Waals surface area contributed by atoms with E-state index in [1.54, 1.807) is 11.0 Å². The van der Waals surface area contributed by atoms with Gasteiger partial charge in [-0.2, -0.15) is 5.26 Å². The van der Waals surface area contributed by atoms with Gasteiger partial charge in [0.1, 0.15) is 6.54 Å². The summed E-state index contributed by atoms with van der Waals surface area (Å²) in [5, 5.41) is 10.6. The van der Waals surface area contributed by atoms with E-state index in [9.17, 15) is 9.59 Å². The predicted molar refractivity (Wildman–Crippen MR) is 58.3 cm³/mol. The zero-order valence-electron chi connectivity index (χ0n) is 9.53. The van der Waals surface area contributed by atoms with Crippen LogP contribution in [0.3, 0.4) is 0 Å². The van der Waals surface area contributed by atoms with Crippen LogP contribution in [0.4, 0.5) is 0 Å². The van der Waals surface area contributed by atoms with Crippen molar-refractivity contribution in [2.45, 2.75) is 38.6 Å². The number of carbonyl (C=O) groups is 2. The van der Waals surface area contributed by atoms with E-state index >= 15 is 0 Å². The molecule has 16 heavy (non-hydrogen) atoms. The van der Waals surface area contributed by atoms with Gasteiger partial charge in [0.15, 0.2) is 0 Å². The Balaban J connectivity index is 2.55. The minimum Gasteiger partial charge on any atom is -0.335 e. The van der Waals surface area contributed by atoms with E-state index in [1.807, 2.05) is 6.92 Å². The van der Waals surface area contributed by atoms with E-state index in [0.717, 1.165) is 25.7 Å². The maximum absolute atomic E-state index is 11.8. The van der Waals surface area contributed by atoms with Crippen molar-refractivity contribution in [3.05, 3.63) is 0 Å². The molecule has 5 nitrogen and oxygen atoms in total. The van der Waals surface area contributed by atoms with Crippen LogP contribution in [0.25, 0.3) is 0 Å². The van der Waals surface area contributed by atoms with Crippen molar-refractivity contribution < 1.29 is 9.59 Å². The average Bonchev–Trinajstić information content (AvgIpc) is 2.80. The van der Waals surface area contributed by atoms with Crippen LogP contribution in [0, 0.1) is 11.3 Å². The molecule has 0 bridgehead atoms. The molecule has 0 aliphatic heterocycles. The molecule has 0 aromatic carbocycles. The molecular formula is C11H17N3O2. The number of nitrogens with zero attached hydrogens (tertiary/aromatic N) is 2. The van der Waals surface area contributed by atoms with Gasteiger partial charge in [-0.3, -0.25) is 9.59 Å². The molecule has 0 heterocycles. The molecule has 0 spiro atoms. The van der Waals surface area contributed by atoms with Crippen LogP contribution in [0.2, 0.25) is 0 Å². The van der Waals surface area contributed by atoms with E-state index in [4.69, 9.17) is 5.26 Å². The number of rotatable bonds is 3. The third-order valence-electron chi connectivity index (χ3n) is 2.89. The van der Waals surface area contributed by atoms with E-state index in [0.29, 0.717) is 6.54 Å². The van der Waals surface area contributed by atoms with Crippen molar-refractivity contribution in [1.29, 1.82) is 5.26 Å². The lowest BCUT2D eigenvalue weighted by Crippen LogP contribution is -2.47. The lowest BCUT2D eigenvalue weighted by molar-refractivity contribution is -0.147. The van der Waals surface area contributed by atoms with Crippen molar-refractivity contribution in [3.63, 3.8) is 0 Å². The Bertz CT molecular complexity index is 303. The van der Waals surface area contributed by atoms with Crippen LogP contribution in [-0.4, -0.2) is 35.8 Å². The number of carbonyl (C=O) groups excluding carboxylic acids is 2. The second-order valence-corrected chi connectivity index (χ2v) is 3.87. The average molecular weight is 223 g/mol. The molecule has 1 fully saturated rings. The van der Waals surface area contributed by atoms with Crippen LogP contribution >= 0.6 is 0 Å². The van der Waals surface area contributed by atoms with Gasteiger partial charge in [0.2, 0.25) is 0 Å². The van der Waals surface area contributed by atoms with Gasteiger partial charge >= 0.3 is 11.8 Å². The normalized spacial score (nSPS) is 15.5. The first kappa shape index (κ1) is 12.5. The van der Waals surface area contributed by atoms with Crippen molar-refractivity contribution in [2.75, 3.05) is 13.1 Å². The van der Waals surface area contributed by atoms with Crippen LogP contribution in [0.15, 0.2) is 0 Å². The summed E-state index contributed by atoms with van der Waals surface area (Å²) < 4.78 is 0. The molecule has 88 valence electrons. The Hall–Kier alpha value is -1.57. The smallest absolute Gasteiger partial charge is 0.312 e. The third-order valence-corrected chi connectivity index (χ3v) is 2.89. The van der Waals surface area contributed by atoms with Crippen molar-refractivity contribution in [3.8, 4) is 6.07 Å². The quantitative estimate of drug-likeness (QED) is 0.556. The summed E-state index contributed by atoms with van der Waals surface area (Å²) in [6.45, 7) is 2.30. The van der Waals surface area contributed by atoms with Crippen molar-refractivity contribution in [1.82, 2.24) is 10.2 Å². The molecule has 0 aromatic rings. The highest BCUT2D eigenvalue weighted by atomic mass is 16.2. The zero-order valence-corrected chi connectivity index (χ0v) is 9.53. The van der Waals surface area contributed by atoms with Gasteiger partial charge in [-0.15, -0.1) is 0 Å². The molecule has 0 radical (unpaired) electrons. The Morgan fingerprint density at radius 3 is 2.56 bits per heavy atom. The highest BCUT2D eigenvalue weighted by Gasteiger charge is 2.28. The summed E-state index contributed by atoms with van der Waals surface area (Å²) in [5.41, 5.74) is 0. The fourth-order valence-corrected chi connectivity index (χ4v) is 2.11. The first-order valence-corrected chi connectivity index (χ1v) is 5.66. The summed E-state index contributed by atoms with van der Waals surface area (Å²) in [6.07, 6.45) is 4.19. The van der Waals surface area contributed by atoms with E-state index < -0.39 is 11.8 Å². The third kappa shape index (κ3) is 2.96. The molecule has 1 N–H and O–H groups in total. The van der Waals surface area contributed by atoms with Gasteiger partial charge in [0.05, 0.1) is 6.07 Å². The highest BCUT2D eigenvalue weighted by molar-refractivity contribution is 6.35. The zero-order chi connectivity index (χ0) is 12.0. The number of hydrogen-bond donors (Lipinski definition) is 1. The SMILES string of the molecule is CCN(C(=O)C(=O)NCC#N)C1CCCC1. The molecular weight excluding hydrogens is 206 g/mol. The topological polar surface area (TPSA) is 73.2 Å². The van der Waals surface area contributed by atoms with Gasteiger partial charge in [0.25, 0.3) is 0 Å². The summed E-state index contributed by atoms with van der Waals surface area (Å²) in [7, 11) is 0. The van der Waals surface area contributed by atoms with Gasteiger partial charge in [0, 0.05) is 12.6 Å². The minimum atomic E-state index is -0.671. The van der Waals surface area contributed by atoms with Gasteiger partial charge in [-0.05, 0) is 19.8 Å². The second kappa shape index (κ2) is 6.11. The molecule has 0 aromatic heterocycles. The first-order valence-electron chi connectivity index (χ1n) is 5.66. The van der Waals surface area contributed by atoms with Crippen molar-refractivity contribution >= 4 is 11.8 Å². The highest BCUT2D eigenvalue weighted by Crippen LogP contribution is 2.23. The van der Waals surface area contributed by atoms with Crippen molar-refractivity contribution in [2.24, 2.45) is 0 Å². The summed E-state index contributed by atoms with van der Waals surface area (Å²) in [6, 6.07) is 1.98. The summed E-state index contributed by atoms with van der Waals surface area (Å²) >= 11 is 0. The fraction of sp³-hybridized carbons (Fsp3) is 0.727. The molecule has 1 aliphatic carbocycles. The predicted octanol–water partition coefficient (Wildman–Crippen LogP) is 0.417. The molecule has 0 atom stereocenters. The van der Waals surface area contributed by atoms with Crippen LogP contribution in [0.1, 0.15) is 32.6 Å². The largest absolute Gasteiger partial charge is 0.335 e.